The molecule has 0 fully saturated rings. The summed E-state index contributed by atoms with van der Waals surface area (Å²) in [6.07, 6.45) is 3.58. The monoisotopic (exact) mass is 362 g/mol. The summed E-state index contributed by atoms with van der Waals surface area (Å²) < 4.78 is 5.21. The first-order valence-corrected chi connectivity index (χ1v) is 8.49. The summed E-state index contributed by atoms with van der Waals surface area (Å²) in [5.74, 6) is 0.219. The average Bonchev–Trinajstić information content (AvgIpc) is 3.10. The normalized spacial score (nSPS) is 12.2. The Morgan fingerprint density at radius 2 is 2.07 bits per heavy atom. The van der Waals surface area contributed by atoms with E-state index in [0.717, 1.165) is 21.9 Å². The predicted octanol–water partition coefficient (Wildman–Crippen LogP) is 3.23. The van der Waals surface area contributed by atoms with Gasteiger partial charge in [0.2, 0.25) is 0 Å². The first-order chi connectivity index (χ1) is 13.2. The minimum absolute atomic E-state index is 0.320. The predicted molar refractivity (Wildman–Crippen MR) is 103 cm³/mol. The lowest BCUT2D eigenvalue weighted by Gasteiger charge is -2.16. The molecule has 0 bridgehead atoms. The van der Waals surface area contributed by atoms with Crippen molar-refractivity contribution in [3.63, 3.8) is 0 Å². The van der Waals surface area contributed by atoms with Crippen LogP contribution in [-0.2, 0) is 11.2 Å². The molecule has 2 aromatic carbocycles. The van der Waals surface area contributed by atoms with Gasteiger partial charge in [0.1, 0.15) is 23.9 Å². The molecule has 0 aliphatic carbocycles. The van der Waals surface area contributed by atoms with Crippen molar-refractivity contribution in [2.75, 3.05) is 12.4 Å². The number of rotatable bonds is 6. The van der Waals surface area contributed by atoms with Crippen molar-refractivity contribution in [3.05, 3.63) is 60.6 Å². The lowest BCUT2D eigenvalue weighted by atomic mass is 10.0. The fourth-order valence-electron chi connectivity index (χ4n) is 3.16. The average molecular weight is 362 g/mol. The summed E-state index contributed by atoms with van der Waals surface area (Å²) in [4.78, 5) is 23.5. The molecular formula is C20H18N4O3. The molecule has 0 saturated carbocycles. The maximum absolute atomic E-state index is 11.9. The quantitative estimate of drug-likeness (QED) is 0.487. The Balaban J connectivity index is 1.66. The molecule has 0 aliphatic rings. The van der Waals surface area contributed by atoms with Crippen molar-refractivity contribution >= 4 is 33.6 Å². The Labute approximate surface area is 155 Å². The van der Waals surface area contributed by atoms with Gasteiger partial charge in [-0.2, -0.15) is 0 Å². The molecule has 0 saturated heterocycles. The number of aliphatic carboxylic acids is 1. The van der Waals surface area contributed by atoms with E-state index in [0.29, 0.717) is 23.5 Å². The van der Waals surface area contributed by atoms with Gasteiger partial charge < -0.3 is 20.1 Å². The smallest absolute Gasteiger partial charge is 0.326 e. The number of hydrogen-bond donors (Lipinski definition) is 3. The van der Waals surface area contributed by atoms with E-state index >= 15 is 0 Å². The molecule has 2 aromatic heterocycles. The largest absolute Gasteiger partial charge is 0.497 e. The summed E-state index contributed by atoms with van der Waals surface area (Å²) in [6.45, 7) is 0. The van der Waals surface area contributed by atoms with Crippen LogP contribution in [0, 0.1) is 0 Å². The number of ether oxygens (including phenoxy) is 1. The van der Waals surface area contributed by atoms with E-state index in [4.69, 9.17) is 4.74 Å². The van der Waals surface area contributed by atoms with Crippen LogP contribution in [0.5, 0.6) is 5.75 Å². The Hall–Kier alpha value is -3.61. The lowest BCUT2D eigenvalue weighted by Crippen LogP contribution is -2.32. The van der Waals surface area contributed by atoms with Gasteiger partial charge in [0, 0.05) is 35.0 Å². The van der Waals surface area contributed by atoms with Crippen LogP contribution in [0.1, 0.15) is 5.56 Å². The van der Waals surface area contributed by atoms with Gasteiger partial charge in [0.25, 0.3) is 0 Å². The van der Waals surface area contributed by atoms with Crippen molar-refractivity contribution in [3.8, 4) is 5.75 Å². The van der Waals surface area contributed by atoms with E-state index in [1.165, 1.54) is 6.33 Å². The zero-order chi connectivity index (χ0) is 18.8. The molecule has 4 aromatic rings. The summed E-state index contributed by atoms with van der Waals surface area (Å²) in [5.41, 5.74) is 2.60. The van der Waals surface area contributed by atoms with Gasteiger partial charge in [-0.3, -0.25) is 0 Å². The molecule has 1 unspecified atom stereocenters. The first-order valence-electron chi connectivity index (χ1n) is 8.49. The van der Waals surface area contributed by atoms with Gasteiger partial charge >= 0.3 is 5.97 Å². The molecular weight excluding hydrogens is 344 g/mol. The third-order valence-corrected chi connectivity index (χ3v) is 4.55. The molecule has 0 aliphatic heterocycles. The maximum Gasteiger partial charge on any atom is 0.326 e. The van der Waals surface area contributed by atoms with Gasteiger partial charge in [0.05, 0.1) is 12.6 Å². The molecule has 0 radical (unpaired) electrons. The lowest BCUT2D eigenvalue weighted by molar-refractivity contribution is -0.137. The number of hydrogen-bond acceptors (Lipinski definition) is 5. The van der Waals surface area contributed by atoms with E-state index < -0.39 is 12.0 Å². The maximum atomic E-state index is 11.9. The molecule has 2 heterocycles. The number of H-pyrrole nitrogens is 1. The Morgan fingerprint density at radius 1 is 1.22 bits per heavy atom. The Kier molecular flexibility index (Phi) is 4.33. The van der Waals surface area contributed by atoms with Crippen molar-refractivity contribution in [2.45, 2.75) is 12.5 Å². The number of nitrogens with zero attached hydrogens (tertiary/aromatic N) is 2. The molecule has 27 heavy (non-hydrogen) atoms. The number of fused-ring (bicyclic) bond motifs is 2. The molecule has 136 valence electrons. The van der Waals surface area contributed by atoms with Crippen molar-refractivity contribution in [1.82, 2.24) is 15.0 Å². The summed E-state index contributed by atoms with van der Waals surface area (Å²) >= 11 is 0. The number of benzene rings is 2. The Morgan fingerprint density at radius 3 is 2.89 bits per heavy atom. The van der Waals surface area contributed by atoms with Crippen LogP contribution in [0.25, 0.3) is 21.8 Å². The van der Waals surface area contributed by atoms with Crippen LogP contribution in [0.15, 0.2) is 55.0 Å². The summed E-state index contributed by atoms with van der Waals surface area (Å²) in [5, 5.41) is 14.5. The fraction of sp³-hybridized carbons (Fsp3) is 0.150. The number of aromatic amines is 1. The molecule has 7 heteroatoms. The van der Waals surface area contributed by atoms with E-state index in [1.807, 2.05) is 36.5 Å². The first kappa shape index (κ1) is 16.8. The van der Waals surface area contributed by atoms with Crippen molar-refractivity contribution < 1.29 is 14.6 Å². The van der Waals surface area contributed by atoms with Crippen LogP contribution in [0.4, 0.5) is 5.82 Å². The number of carboxylic acids is 1. The van der Waals surface area contributed by atoms with Crippen LogP contribution in [0.2, 0.25) is 0 Å². The number of nitrogens with one attached hydrogen (secondary N) is 2. The molecule has 7 nitrogen and oxygen atoms in total. The van der Waals surface area contributed by atoms with Crippen molar-refractivity contribution in [2.24, 2.45) is 0 Å². The highest BCUT2D eigenvalue weighted by Gasteiger charge is 2.21. The number of carboxylic acid groups (broad SMARTS) is 1. The summed E-state index contributed by atoms with van der Waals surface area (Å²) in [7, 11) is 1.59. The van der Waals surface area contributed by atoms with Crippen LogP contribution in [-0.4, -0.2) is 39.2 Å². The SMILES string of the molecule is COc1ccc2c(NC(Cc3c[nH]c4ccccc34)C(=O)O)ncnc2c1. The highest BCUT2D eigenvalue weighted by molar-refractivity contribution is 5.92. The third-order valence-electron chi connectivity index (χ3n) is 4.55. The minimum atomic E-state index is -0.944. The molecule has 0 spiro atoms. The molecule has 1 atom stereocenters. The van der Waals surface area contributed by atoms with Crippen LogP contribution in [0.3, 0.4) is 0 Å². The second kappa shape index (κ2) is 6.95. The summed E-state index contributed by atoms with van der Waals surface area (Å²) in [6, 6.07) is 12.4. The number of para-hydroxylation sites is 1. The topological polar surface area (TPSA) is 100 Å². The van der Waals surface area contributed by atoms with E-state index in [-0.39, 0.29) is 0 Å². The van der Waals surface area contributed by atoms with Gasteiger partial charge in [0.15, 0.2) is 0 Å². The van der Waals surface area contributed by atoms with Gasteiger partial charge in [-0.1, -0.05) is 18.2 Å². The van der Waals surface area contributed by atoms with E-state index in [9.17, 15) is 9.90 Å². The van der Waals surface area contributed by atoms with Crippen LogP contribution < -0.4 is 10.1 Å². The standard InChI is InChI=1S/C20H18N4O3/c1-27-13-6-7-15-17(9-13)22-11-23-19(15)24-18(20(25)26)8-12-10-21-16-5-3-2-4-14(12)16/h2-7,9-11,18,21H,8H2,1H3,(H,25,26)(H,22,23,24). The fourth-order valence-corrected chi connectivity index (χ4v) is 3.16. The third kappa shape index (κ3) is 3.27. The minimum Gasteiger partial charge on any atom is -0.497 e. The van der Waals surface area contributed by atoms with E-state index in [2.05, 4.69) is 20.3 Å². The Bertz CT molecular complexity index is 1120. The van der Waals surface area contributed by atoms with Gasteiger partial charge in [-0.05, 0) is 23.8 Å². The molecule has 3 N–H and O–H groups in total. The number of aromatic nitrogens is 3. The second-order valence-corrected chi connectivity index (χ2v) is 6.20. The number of methoxy groups -OCH3 is 1. The van der Waals surface area contributed by atoms with Gasteiger partial charge in [-0.25, -0.2) is 14.8 Å². The number of carbonyl (C=O) groups is 1. The second-order valence-electron chi connectivity index (χ2n) is 6.20. The highest BCUT2D eigenvalue weighted by atomic mass is 16.5. The molecule has 0 amide bonds. The van der Waals surface area contributed by atoms with Crippen molar-refractivity contribution in [1.29, 1.82) is 0 Å². The zero-order valence-corrected chi connectivity index (χ0v) is 14.6. The van der Waals surface area contributed by atoms with E-state index in [1.54, 1.807) is 19.2 Å². The van der Waals surface area contributed by atoms with Gasteiger partial charge in [-0.15, -0.1) is 0 Å². The number of anilines is 1. The zero-order valence-electron chi connectivity index (χ0n) is 14.6. The highest BCUT2D eigenvalue weighted by Crippen LogP contribution is 2.25. The van der Waals surface area contributed by atoms with Crippen LogP contribution >= 0.6 is 0 Å². The molecule has 4 rings (SSSR count).